The van der Waals surface area contributed by atoms with Gasteiger partial charge in [-0.25, -0.2) is 15.0 Å². The topological polar surface area (TPSA) is 157 Å². The van der Waals surface area contributed by atoms with Crippen LogP contribution in [0.3, 0.4) is 0 Å². The predicted octanol–water partition coefficient (Wildman–Crippen LogP) is 2.66. The summed E-state index contributed by atoms with van der Waals surface area (Å²) in [5, 5.41) is 19.8. The molecule has 13 heteroatoms. The number of methoxy groups -OCH3 is 1. The van der Waals surface area contributed by atoms with Gasteiger partial charge in [-0.15, -0.1) is 0 Å². The zero-order valence-corrected chi connectivity index (χ0v) is 25.4. The van der Waals surface area contributed by atoms with E-state index in [2.05, 4.69) is 30.9 Å². The number of anilines is 1. The van der Waals surface area contributed by atoms with Gasteiger partial charge in [0.05, 0.1) is 35.6 Å². The summed E-state index contributed by atoms with van der Waals surface area (Å²) in [6.07, 6.45) is 7.11. The summed E-state index contributed by atoms with van der Waals surface area (Å²) >= 11 is 1.44. The molecule has 2 amide bonds. The Morgan fingerprint density at radius 2 is 1.95 bits per heavy atom. The van der Waals surface area contributed by atoms with E-state index in [9.17, 15) is 14.7 Å². The van der Waals surface area contributed by atoms with Crippen molar-refractivity contribution in [2.24, 2.45) is 5.92 Å². The van der Waals surface area contributed by atoms with Gasteiger partial charge in [-0.3, -0.25) is 9.59 Å². The summed E-state index contributed by atoms with van der Waals surface area (Å²) in [6, 6.07) is 6.24. The molecule has 1 aromatic carbocycles. The Morgan fingerprint density at radius 3 is 2.70 bits per heavy atom. The van der Waals surface area contributed by atoms with Crippen molar-refractivity contribution in [3.8, 4) is 11.1 Å². The highest BCUT2D eigenvalue weighted by Crippen LogP contribution is 2.33. The number of hydrogen-bond acceptors (Lipinski definition) is 11. The quantitative estimate of drug-likeness (QED) is 0.188. The second kappa shape index (κ2) is 15.1. The Bertz CT molecular complexity index is 1360. The van der Waals surface area contributed by atoms with E-state index in [-0.39, 0.29) is 49.1 Å². The predicted molar refractivity (Wildman–Crippen MR) is 163 cm³/mol. The molecule has 2 heterocycles. The molecule has 2 aliphatic rings. The van der Waals surface area contributed by atoms with E-state index in [0.717, 1.165) is 53.4 Å². The number of rotatable bonds is 15. The van der Waals surface area contributed by atoms with Crippen molar-refractivity contribution in [2.45, 2.75) is 69.9 Å². The van der Waals surface area contributed by atoms with Gasteiger partial charge < -0.3 is 35.3 Å². The van der Waals surface area contributed by atoms with Crippen LogP contribution in [0.25, 0.3) is 21.3 Å². The summed E-state index contributed by atoms with van der Waals surface area (Å²) in [5.74, 6) is 0.322. The van der Waals surface area contributed by atoms with Crippen LogP contribution >= 0.6 is 11.3 Å². The Morgan fingerprint density at radius 1 is 1.14 bits per heavy atom. The average molecular weight is 613 g/mol. The molecule has 12 nitrogen and oxygen atoms in total. The van der Waals surface area contributed by atoms with Crippen LogP contribution in [0.2, 0.25) is 0 Å². The lowest BCUT2D eigenvalue weighted by Gasteiger charge is -2.36. The number of hydrogen-bond donors (Lipinski definition) is 4. The van der Waals surface area contributed by atoms with Gasteiger partial charge in [0.2, 0.25) is 11.8 Å². The van der Waals surface area contributed by atoms with Gasteiger partial charge in [0.25, 0.3) is 0 Å². The molecule has 3 atom stereocenters. The Hall–Kier alpha value is -3.07. The van der Waals surface area contributed by atoms with Crippen molar-refractivity contribution in [3.63, 3.8) is 0 Å². The number of thiazole rings is 1. The molecule has 5 rings (SSSR count). The lowest BCUT2D eigenvalue weighted by atomic mass is 9.79. The molecular formula is C30H40N6O6S. The van der Waals surface area contributed by atoms with E-state index in [4.69, 9.17) is 14.2 Å². The molecule has 232 valence electrons. The van der Waals surface area contributed by atoms with Crippen LogP contribution in [-0.2, 0) is 30.4 Å². The zero-order valence-electron chi connectivity index (χ0n) is 24.6. The van der Waals surface area contributed by atoms with E-state index in [1.165, 1.54) is 11.3 Å². The maximum absolute atomic E-state index is 12.8. The van der Waals surface area contributed by atoms with Crippen LogP contribution < -0.4 is 16.0 Å². The van der Waals surface area contributed by atoms with E-state index >= 15 is 0 Å². The molecule has 0 spiro atoms. The fourth-order valence-electron chi connectivity index (χ4n) is 5.28. The number of nitrogens with zero attached hydrogens (tertiary/aromatic N) is 3. The van der Waals surface area contributed by atoms with Crippen molar-refractivity contribution in [1.82, 2.24) is 25.6 Å². The molecule has 2 saturated carbocycles. The monoisotopic (exact) mass is 612 g/mol. The second-order valence-corrected chi connectivity index (χ2v) is 12.2. The van der Waals surface area contributed by atoms with Crippen molar-refractivity contribution >= 4 is 38.5 Å². The number of carbonyl (C=O) groups excluding carboxylic acids is 2. The van der Waals surface area contributed by atoms with Gasteiger partial charge in [-0.1, -0.05) is 17.4 Å². The SMILES string of the molecule is COCCOCC(=O)NC[C@H](C)N[C@H]1C[C@@H](C(=O)Nc2nc3ccc(-c4cnc(CO[C@H]5CCC[C@@H]5O)nc4)cc3s2)C1. The van der Waals surface area contributed by atoms with Crippen LogP contribution in [0.1, 0.15) is 44.9 Å². The molecule has 2 aromatic heterocycles. The first kappa shape index (κ1) is 31.4. The second-order valence-electron chi connectivity index (χ2n) is 11.2. The van der Waals surface area contributed by atoms with Crippen LogP contribution in [0.15, 0.2) is 30.6 Å². The third-order valence-corrected chi connectivity index (χ3v) is 8.73. The van der Waals surface area contributed by atoms with E-state index in [1.807, 2.05) is 25.1 Å². The minimum atomic E-state index is -0.401. The van der Waals surface area contributed by atoms with Gasteiger partial charge >= 0.3 is 0 Å². The zero-order chi connectivity index (χ0) is 30.2. The summed E-state index contributed by atoms with van der Waals surface area (Å²) in [6.45, 7) is 3.63. The summed E-state index contributed by atoms with van der Waals surface area (Å²) < 4.78 is 16.9. The third kappa shape index (κ3) is 8.74. The maximum atomic E-state index is 12.8. The molecule has 0 bridgehead atoms. The minimum Gasteiger partial charge on any atom is -0.390 e. The third-order valence-electron chi connectivity index (χ3n) is 7.80. The van der Waals surface area contributed by atoms with Gasteiger partial charge in [0.15, 0.2) is 11.0 Å². The number of nitrogens with one attached hydrogen (secondary N) is 3. The van der Waals surface area contributed by atoms with Crippen LogP contribution in [-0.4, -0.2) is 89.6 Å². The molecule has 4 N–H and O–H groups in total. The highest BCUT2D eigenvalue weighted by Gasteiger charge is 2.35. The van der Waals surface area contributed by atoms with Gasteiger partial charge in [0.1, 0.15) is 13.2 Å². The highest BCUT2D eigenvalue weighted by molar-refractivity contribution is 7.22. The minimum absolute atomic E-state index is 0.0134. The van der Waals surface area contributed by atoms with Crippen LogP contribution in [0.4, 0.5) is 5.13 Å². The van der Waals surface area contributed by atoms with Crippen LogP contribution in [0, 0.1) is 5.92 Å². The first-order chi connectivity index (χ1) is 20.9. The highest BCUT2D eigenvalue weighted by atomic mass is 32.1. The van der Waals surface area contributed by atoms with Gasteiger partial charge in [0, 0.05) is 49.6 Å². The smallest absolute Gasteiger partial charge is 0.246 e. The average Bonchev–Trinajstić information content (AvgIpc) is 3.59. The summed E-state index contributed by atoms with van der Waals surface area (Å²) in [4.78, 5) is 38.2. The first-order valence-corrected chi connectivity index (χ1v) is 15.6. The molecule has 43 heavy (non-hydrogen) atoms. The number of aliphatic hydroxyl groups is 1. The van der Waals surface area contributed by atoms with Gasteiger partial charge in [-0.2, -0.15) is 0 Å². The standard InChI is InChI=1S/C30H40N6O6S/c1-18(13-33-28(38)17-41-9-8-40-2)34-22-10-20(11-22)29(39)36-30-35-23-7-6-19(12-26(23)43-30)21-14-31-27(32-15-21)16-42-25-5-3-4-24(25)37/h6-7,12,14-15,18,20,22,24-25,34,37H,3-5,8-11,13,16-17H2,1-2H3,(H,33,38)(H,35,36,39)/t18-,20-,22+,24-,25-/m0/s1. The Kier molecular flexibility index (Phi) is 11.0. The van der Waals surface area contributed by atoms with Crippen LogP contribution in [0.5, 0.6) is 0 Å². The molecule has 0 radical (unpaired) electrons. The molecule has 0 aliphatic heterocycles. The van der Waals surface area contributed by atoms with Gasteiger partial charge in [-0.05, 0) is 56.7 Å². The Labute approximate surface area is 254 Å². The number of aromatic nitrogens is 3. The molecule has 0 saturated heterocycles. The lowest BCUT2D eigenvalue weighted by Crippen LogP contribution is -2.51. The molecule has 2 aliphatic carbocycles. The summed E-state index contributed by atoms with van der Waals surface area (Å²) in [7, 11) is 1.59. The number of ether oxygens (including phenoxy) is 3. The Balaban J connectivity index is 1.05. The fraction of sp³-hybridized carbons (Fsp3) is 0.567. The largest absolute Gasteiger partial charge is 0.390 e. The van der Waals surface area contributed by atoms with Crippen molar-refractivity contribution < 1.29 is 28.9 Å². The molecular weight excluding hydrogens is 572 g/mol. The number of carbonyl (C=O) groups is 2. The summed E-state index contributed by atoms with van der Waals surface area (Å²) in [5.41, 5.74) is 2.66. The fourth-order valence-corrected chi connectivity index (χ4v) is 6.19. The van der Waals surface area contributed by atoms with E-state index in [0.29, 0.717) is 30.7 Å². The molecule has 3 aromatic rings. The number of amides is 2. The first-order valence-electron chi connectivity index (χ1n) is 14.8. The van der Waals surface area contributed by atoms with E-state index in [1.54, 1.807) is 19.5 Å². The normalized spacial score (nSPS) is 22.3. The van der Waals surface area contributed by atoms with Crippen molar-refractivity contribution in [3.05, 3.63) is 36.4 Å². The van der Waals surface area contributed by atoms with E-state index < -0.39 is 6.10 Å². The number of aliphatic hydroxyl groups excluding tert-OH is 1. The number of benzene rings is 1. The molecule has 0 unspecified atom stereocenters. The maximum Gasteiger partial charge on any atom is 0.246 e. The molecule has 2 fully saturated rings. The number of fused-ring (bicyclic) bond motifs is 1. The van der Waals surface area contributed by atoms with Crippen molar-refractivity contribution in [2.75, 3.05) is 38.8 Å². The van der Waals surface area contributed by atoms with Crippen molar-refractivity contribution in [1.29, 1.82) is 0 Å². The lowest BCUT2D eigenvalue weighted by molar-refractivity contribution is -0.126.